The molecule has 0 spiro atoms. The summed E-state index contributed by atoms with van der Waals surface area (Å²) in [5.74, 6) is 0.321. The Balaban J connectivity index is 1.65. The molecule has 1 aromatic heterocycles. The number of nitrogens with one attached hydrogen (secondary N) is 1. The Morgan fingerprint density at radius 1 is 1.36 bits per heavy atom. The molecule has 114 valence electrons. The number of hydrogen-bond acceptors (Lipinski definition) is 4. The van der Waals surface area contributed by atoms with Gasteiger partial charge in [0.1, 0.15) is 5.75 Å². The van der Waals surface area contributed by atoms with Crippen LogP contribution in [0, 0.1) is 0 Å². The van der Waals surface area contributed by atoms with Crippen LogP contribution in [0.15, 0.2) is 47.6 Å². The SMILES string of the molecule is CC(Sc1ccccn1)C(=O)NC1CCc2c(O)cccc21. The zero-order valence-corrected chi connectivity index (χ0v) is 13.1. The molecule has 0 saturated carbocycles. The number of fused-ring (bicyclic) bond motifs is 1. The van der Waals surface area contributed by atoms with Crippen LogP contribution >= 0.6 is 11.8 Å². The van der Waals surface area contributed by atoms with E-state index in [2.05, 4.69) is 10.3 Å². The van der Waals surface area contributed by atoms with Gasteiger partial charge in [0.2, 0.25) is 5.91 Å². The van der Waals surface area contributed by atoms with Crippen LogP contribution < -0.4 is 5.32 Å². The molecule has 1 heterocycles. The van der Waals surface area contributed by atoms with Gasteiger partial charge >= 0.3 is 0 Å². The maximum atomic E-state index is 12.4. The van der Waals surface area contributed by atoms with Crippen LogP contribution in [0.2, 0.25) is 0 Å². The summed E-state index contributed by atoms with van der Waals surface area (Å²) < 4.78 is 0. The highest BCUT2D eigenvalue weighted by Crippen LogP contribution is 2.36. The van der Waals surface area contributed by atoms with E-state index in [4.69, 9.17) is 0 Å². The van der Waals surface area contributed by atoms with Gasteiger partial charge in [0, 0.05) is 6.20 Å². The lowest BCUT2D eigenvalue weighted by molar-refractivity contribution is -0.121. The highest BCUT2D eigenvalue weighted by molar-refractivity contribution is 8.00. The molecule has 4 nitrogen and oxygen atoms in total. The van der Waals surface area contributed by atoms with E-state index in [0.717, 1.165) is 29.0 Å². The lowest BCUT2D eigenvalue weighted by atomic mass is 10.1. The Bertz CT molecular complexity index is 676. The second kappa shape index (κ2) is 6.40. The monoisotopic (exact) mass is 314 g/mol. The molecular weight excluding hydrogens is 296 g/mol. The van der Waals surface area contributed by atoms with E-state index in [0.29, 0.717) is 5.75 Å². The van der Waals surface area contributed by atoms with Gasteiger partial charge in [-0.2, -0.15) is 0 Å². The molecule has 5 heteroatoms. The van der Waals surface area contributed by atoms with E-state index in [1.807, 2.05) is 37.3 Å². The molecule has 22 heavy (non-hydrogen) atoms. The molecule has 2 unspecified atom stereocenters. The second-order valence-electron chi connectivity index (χ2n) is 5.37. The first-order valence-corrected chi connectivity index (χ1v) is 8.22. The fraction of sp³-hybridized carbons (Fsp3) is 0.294. The number of thioether (sulfide) groups is 1. The van der Waals surface area contributed by atoms with Crippen molar-refractivity contribution in [1.29, 1.82) is 0 Å². The summed E-state index contributed by atoms with van der Waals surface area (Å²) >= 11 is 1.45. The third-order valence-corrected chi connectivity index (χ3v) is 4.92. The minimum atomic E-state index is -0.212. The number of rotatable bonds is 4. The summed E-state index contributed by atoms with van der Waals surface area (Å²) in [7, 11) is 0. The van der Waals surface area contributed by atoms with Crippen LogP contribution in [0.4, 0.5) is 0 Å². The molecule has 3 rings (SSSR count). The van der Waals surface area contributed by atoms with Gasteiger partial charge in [-0.25, -0.2) is 4.98 Å². The lowest BCUT2D eigenvalue weighted by Gasteiger charge is -2.17. The molecule has 1 amide bonds. The van der Waals surface area contributed by atoms with Crippen molar-refractivity contribution in [3.8, 4) is 5.75 Å². The van der Waals surface area contributed by atoms with Gasteiger partial charge in [-0.15, -0.1) is 0 Å². The van der Waals surface area contributed by atoms with Gasteiger partial charge in [-0.1, -0.05) is 30.0 Å². The maximum Gasteiger partial charge on any atom is 0.233 e. The van der Waals surface area contributed by atoms with E-state index in [-0.39, 0.29) is 17.2 Å². The fourth-order valence-electron chi connectivity index (χ4n) is 2.73. The van der Waals surface area contributed by atoms with Crippen molar-refractivity contribution in [1.82, 2.24) is 10.3 Å². The molecular formula is C17H18N2O2S. The molecule has 1 aromatic carbocycles. The van der Waals surface area contributed by atoms with Crippen molar-refractivity contribution in [3.63, 3.8) is 0 Å². The Hall–Kier alpha value is -2.01. The second-order valence-corrected chi connectivity index (χ2v) is 6.73. The predicted octanol–water partition coefficient (Wildman–Crippen LogP) is 3.07. The number of carbonyl (C=O) groups is 1. The maximum absolute atomic E-state index is 12.4. The molecule has 2 N–H and O–H groups in total. The minimum Gasteiger partial charge on any atom is -0.508 e. The number of hydrogen-bond donors (Lipinski definition) is 2. The number of phenolic OH excluding ortho intramolecular Hbond substituents is 1. The van der Waals surface area contributed by atoms with Gasteiger partial charge in [0.15, 0.2) is 0 Å². The summed E-state index contributed by atoms with van der Waals surface area (Å²) in [6.45, 7) is 1.88. The summed E-state index contributed by atoms with van der Waals surface area (Å²) in [5, 5.41) is 13.6. The summed E-state index contributed by atoms with van der Waals surface area (Å²) in [4.78, 5) is 16.6. The van der Waals surface area contributed by atoms with Crippen LogP contribution in [-0.2, 0) is 11.2 Å². The Morgan fingerprint density at radius 2 is 2.23 bits per heavy atom. The van der Waals surface area contributed by atoms with Crippen molar-refractivity contribution in [2.75, 3.05) is 0 Å². The van der Waals surface area contributed by atoms with E-state index in [9.17, 15) is 9.90 Å². The summed E-state index contributed by atoms with van der Waals surface area (Å²) in [6.07, 6.45) is 3.36. The molecule has 1 aliphatic rings. The molecule has 0 radical (unpaired) electrons. The molecule has 2 aromatic rings. The lowest BCUT2D eigenvalue weighted by Crippen LogP contribution is -2.33. The highest BCUT2D eigenvalue weighted by atomic mass is 32.2. The number of pyridine rings is 1. The Labute approximate surface area is 134 Å². The molecule has 0 bridgehead atoms. The highest BCUT2D eigenvalue weighted by Gasteiger charge is 2.27. The minimum absolute atomic E-state index is 0.00292. The molecule has 0 aliphatic heterocycles. The van der Waals surface area contributed by atoms with Crippen LogP contribution in [0.25, 0.3) is 0 Å². The van der Waals surface area contributed by atoms with E-state index < -0.39 is 0 Å². The van der Waals surface area contributed by atoms with Crippen LogP contribution in [0.5, 0.6) is 5.75 Å². The Kier molecular flexibility index (Phi) is 4.34. The van der Waals surface area contributed by atoms with E-state index >= 15 is 0 Å². The van der Waals surface area contributed by atoms with Crippen LogP contribution in [0.1, 0.15) is 30.5 Å². The Morgan fingerprint density at radius 3 is 3.00 bits per heavy atom. The first-order valence-electron chi connectivity index (χ1n) is 7.34. The molecule has 0 saturated heterocycles. The molecule has 2 atom stereocenters. The first-order chi connectivity index (χ1) is 10.6. The number of carbonyl (C=O) groups excluding carboxylic acids is 1. The van der Waals surface area contributed by atoms with Gasteiger partial charge in [-0.05, 0) is 49.1 Å². The predicted molar refractivity (Wildman–Crippen MR) is 86.9 cm³/mol. The zero-order chi connectivity index (χ0) is 15.5. The van der Waals surface area contributed by atoms with Gasteiger partial charge in [0.25, 0.3) is 0 Å². The number of amides is 1. The zero-order valence-electron chi connectivity index (χ0n) is 12.3. The van der Waals surface area contributed by atoms with Gasteiger partial charge in [-0.3, -0.25) is 4.79 Å². The standard InChI is InChI=1S/C17H18N2O2S/c1-11(22-16-7-2-3-10-18-16)17(21)19-14-9-8-13-12(14)5-4-6-15(13)20/h2-7,10-11,14,20H,8-9H2,1H3,(H,19,21). The van der Waals surface area contributed by atoms with Crippen molar-refractivity contribution < 1.29 is 9.90 Å². The number of aromatic nitrogens is 1. The van der Waals surface area contributed by atoms with Crippen molar-refractivity contribution in [3.05, 3.63) is 53.7 Å². The third kappa shape index (κ3) is 3.09. The topological polar surface area (TPSA) is 62.2 Å². The van der Waals surface area contributed by atoms with Crippen molar-refractivity contribution in [2.45, 2.75) is 36.1 Å². The largest absolute Gasteiger partial charge is 0.508 e. The summed E-state index contributed by atoms with van der Waals surface area (Å²) in [6, 6.07) is 11.2. The van der Waals surface area contributed by atoms with Crippen molar-refractivity contribution >= 4 is 17.7 Å². The van der Waals surface area contributed by atoms with Gasteiger partial charge in [0.05, 0.1) is 16.3 Å². The summed E-state index contributed by atoms with van der Waals surface area (Å²) in [5.41, 5.74) is 1.99. The smallest absolute Gasteiger partial charge is 0.233 e. The number of phenols is 1. The quantitative estimate of drug-likeness (QED) is 0.851. The number of aromatic hydroxyl groups is 1. The van der Waals surface area contributed by atoms with Crippen LogP contribution in [0.3, 0.4) is 0 Å². The normalized spacial score (nSPS) is 17.8. The van der Waals surface area contributed by atoms with E-state index in [1.54, 1.807) is 12.3 Å². The molecule has 0 fully saturated rings. The average molecular weight is 314 g/mol. The van der Waals surface area contributed by atoms with Crippen LogP contribution in [-0.4, -0.2) is 21.2 Å². The fourth-order valence-corrected chi connectivity index (χ4v) is 3.54. The van der Waals surface area contributed by atoms with Crippen molar-refractivity contribution in [2.24, 2.45) is 0 Å². The average Bonchev–Trinajstić information content (AvgIpc) is 2.93. The number of benzene rings is 1. The van der Waals surface area contributed by atoms with Gasteiger partial charge < -0.3 is 10.4 Å². The van der Waals surface area contributed by atoms with E-state index in [1.165, 1.54) is 11.8 Å². The first kappa shape index (κ1) is 14.9. The number of nitrogens with zero attached hydrogens (tertiary/aromatic N) is 1. The molecule has 1 aliphatic carbocycles. The third-order valence-electron chi connectivity index (χ3n) is 3.87.